The fourth-order valence-electron chi connectivity index (χ4n) is 11.7. The van der Waals surface area contributed by atoms with Crippen LogP contribution in [0.2, 0.25) is 0 Å². The van der Waals surface area contributed by atoms with Gasteiger partial charge in [-0.2, -0.15) is 21.4 Å². The van der Waals surface area contributed by atoms with E-state index in [0.717, 1.165) is 61.9 Å². The molecule has 2 heterocycles. The second-order valence-corrected chi connectivity index (χ2v) is 28.3. The molecular weight excluding hydrogens is 1210 g/mol. The third kappa shape index (κ3) is 21.4. The van der Waals surface area contributed by atoms with Gasteiger partial charge in [-0.05, 0) is 119 Å². The molecule has 0 spiro atoms. The highest BCUT2D eigenvalue weighted by molar-refractivity contribution is 8.03. The van der Waals surface area contributed by atoms with Crippen molar-refractivity contribution in [3.63, 3.8) is 0 Å². The minimum absolute atomic E-state index is 0.0121. The number of amides is 3. The third-order valence-electron chi connectivity index (χ3n) is 16.5. The number of para-hydroxylation sites is 2. The zero-order valence-corrected chi connectivity index (χ0v) is 54.1. The molecule has 3 aromatic carbocycles. The van der Waals surface area contributed by atoms with E-state index < -0.39 is 91.1 Å². The highest BCUT2D eigenvalue weighted by Crippen LogP contribution is 2.49. The lowest BCUT2D eigenvalue weighted by Gasteiger charge is -2.28. The lowest BCUT2D eigenvalue weighted by atomic mass is 9.81. The van der Waals surface area contributed by atoms with Crippen LogP contribution in [-0.2, 0) is 66.3 Å². The first-order valence-corrected chi connectivity index (χ1v) is 34.8. The number of nitrogens with one attached hydrogen (secondary N) is 3. The maximum absolute atomic E-state index is 14.5. The third-order valence-corrected chi connectivity index (χ3v) is 19.5. The molecule has 1 aliphatic carbocycles. The Bertz CT molecular complexity index is 3500. The van der Waals surface area contributed by atoms with Crippen molar-refractivity contribution in [2.24, 2.45) is 5.92 Å². The minimum Gasteiger partial charge on any atom is -0.481 e. The molecule has 0 aromatic heterocycles. The highest BCUT2D eigenvalue weighted by Gasteiger charge is 2.44. The molecule has 2 aliphatic heterocycles. The van der Waals surface area contributed by atoms with Crippen LogP contribution >= 0.6 is 11.8 Å². The van der Waals surface area contributed by atoms with E-state index in [1.54, 1.807) is 24.3 Å². The van der Waals surface area contributed by atoms with E-state index in [1.165, 1.54) is 11.8 Å². The molecule has 8 N–H and O–H groups in total. The lowest BCUT2D eigenvalue weighted by molar-refractivity contribution is -0.438. The van der Waals surface area contributed by atoms with Crippen LogP contribution in [0.25, 0.3) is 0 Å². The van der Waals surface area contributed by atoms with Crippen LogP contribution in [-0.4, -0.2) is 142 Å². The molecule has 0 radical (unpaired) electrons. The standard InChI is InChI=1S/C66H85N5O16S3/c1-65(2)50-25-9-11-27-54(50)70(38-14-16-40-89(82,83)84)57(65)35-31-46-22-18-23-47(32-36-58-66(3,4)51-26-10-12-28-55(51)71(58)39-15-17-41-90(85,86)87)61(46)88-44-48(62(77)78)43-56(73)53(42-45-20-6-5-7-21-45)68-59(74)29-13-8-24-49(72)33-34-52(63(79)80)69-64(81)67-37-19-30-60(75)76/h5-7,9-12,20-21,25-28,31-32,35-36,48,52-53H,8,13-19,22-24,29-30,33-34,37-44H2,1-4H3,(H7-,67,68,69,74,75,76,77,78,79,80,81,82,83,84,85,86,87)/p+1/t48-,52?,53+/m1/s1. The van der Waals surface area contributed by atoms with Gasteiger partial charge in [-0.25, -0.2) is 9.59 Å². The summed E-state index contributed by atoms with van der Waals surface area (Å²) in [6.45, 7) is 9.47. The van der Waals surface area contributed by atoms with Gasteiger partial charge in [0.1, 0.15) is 18.4 Å². The van der Waals surface area contributed by atoms with Gasteiger partial charge in [-0.1, -0.05) is 92.7 Å². The molecule has 1 unspecified atom stereocenters. The van der Waals surface area contributed by atoms with Crippen molar-refractivity contribution in [2.45, 2.75) is 160 Å². The summed E-state index contributed by atoms with van der Waals surface area (Å²) in [6, 6.07) is 21.8. The van der Waals surface area contributed by atoms with E-state index in [2.05, 4.69) is 89.6 Å². The first-order chi connectivity index (χ1) is 42.5. The van der Waals surface area contributed by atoms with Crippen LogP contribution in [0.4, 0.5) is 16.2 Å². The Labute approximate surface area is 532 Å². The number of allylic oxidation sites excluding steroid dienone is 7. The number of hydrogen-bond acceptors (Lipinski definition) is 13. The molecule has 21 nitrogen and oxygen atoms in total. The number of rotatable bonds is 37. The van der Waals surface area contributed by atoms with Gasteiger partial charge >= 0.3 is 23.9 Å². The quantitative estimate of drug-likeness (QED) is 0.0151. The van der Waals surface area contributed by atoms with Crippen molar-refractivity contribution < 1.29 is 79.4 Å². The summed E-state index contributed by atoms with van der Waals surface area (Å²) in [5.74, 6) is -6.79. The van der Waals surface area contributed by atoms with E-state index in [4.69, 9.17) is 5.11 Å². The number of carbonyl (C=O) groups is 7. The first kappa shape index (κ1) is 71.8. The average molecular weight is 1300 g/mol. The minimum atomic E-state index is -4.16. The van der Waals surface area contributed by atoms with Crippen LogP contribution in [0, 0.1) is 5.92 Å². The Morgan fingerprint density at radius 2 is 1.33 bits per heavy atom. The predicted molar refractivity (Wildman–Crippen MR) is 346 cm³/mol. The largest absolute Gasteiger partial charge is 0.481 e. The van der Waals surface area contributed by atoms with Gasteiger partial charge in [0.05, 0.1) is 28.9 Å². The first-order valence-electron chi connectivity index (χ1n) is 30.6. The second-order valence-electron chi connectivity index (χ2n) is 24.1. The number of fused-ring (bicyclic) bond motifs is 2. The summed E-state index contributed by atoms with van der Waals surface area (Å²) >= 11 is 1.35. The molecule has 0 bridgehead atoms. The Kier molecular flexibility index (Phi) is 26.5. The van der Waals surface area contributed by atoms with Gasteiger partial charge in [0, 0.05) is 96.8 Å². The van der Waals surface area contributed by atoms with E-state index in [9.17, 15) is 69.7 Å². The second kappa shape index (κ2) is 33.2. The molecule has 0 saturated heterocycles. The summed E-state index contributed by atoms with van der Waals surface area (Å²) in [7, 11) is -8.31. The smallest absolute Gasteiger partial charge is 0.326 e. The van der Waals surface area contributed by atoms with Crippen molar-refractivity contribution in [3.8, 4) is 0 Å². The average Bonchev–Trinajstić information content (AvgIpc) is 1.61. The molecule has 3 aliphatic rings. The molecule has 3 amide bonds. The number of nitrogens with zero attached hydrogens (tertiary/aromatic N) is 2. The molecule has 3 atom stereocenters. The summed E-state index contributed by atoms with van der Waals surface area (Å²) in [6.07, 6.45) is 11.5. The number of unbranched alkanes of at least 4 members (excludes halogenated alkanes) is 3. The molecule has 0 fully saturated rings. The normalized spacial score (nSPS) is 17.2. The summed E-state index contributed by atoms with van der Waals surface area (Å²) in [4.78, 5) is 92.1. The molecule has 488 valence electrons. The number of ketones is 2. The van der Waals surface area contributed by atoms with Crippen LogP contribution in [0.1, 0.15) is 147 Å². The number of carboxylic acids is 3. The van der Waals surface area contributed by atoms with Gasteiger partial charge in [-0.15, -0.1) is 11.8 Å². The summed E-state index contributed by atoms with van der Waals surface area (Å²) in [5.41, 5.74) is 7.69. The highest BCUT2D eigenvalue weighted by atomic mass is 32.2. The van der Waals surface area contributed by atoms with Crippen molar-refractivity contribution in [1.29, 1.82) is 0 Å². The van der Waals surface area contributed by atoms with Crippen molar-refractivity contribution >= 4 is 90.5 Å². The van der Waals surface area contributed by atoms with E-state index in [1.807, 2.05) is 42.5 Å². The number of aliphatic carboxylic acids is 3. The number of Topliss-reactive ketones (excluding diaryl/α,β-unsaturated/α-hetero) is 2. The Balaban J connectivity index is 1.24. The van der Waals surface area contributed by atoms with E-state index >= 15 is 0 Å². The number of carbonyl (C=O) groups excluding carboxylic acids is 4. The Morgan fingerprint density at radius 1 is 0.678 bits per heavy atom. The summed E-state index contributed by atoms with van der Waals surface area (Å²) in [5, 5.41) is 36.8. The molecule has 0 saturated carbocycles. The monoisotopic (exact) mass is 1300 g/mol. The maximum Gasteiger partial charge on any atom is 0.326 e. The van der Waals surface area contributed by atoms with E-state index in [0.29, 0.717) is 38.8 Å². The van der Waals surface area contributed by atoms with Gasteiger partial charge in [0.2, 0.25) is 11.6 Å². The van der Waals surface area contributed by atoms with Gasteiger partial charge in [-0.3, -0.25) is 33.1 Å². The van der Waals surface area contributed by atoms with Crippen LogP contribution in [0.5, 0.6) is 0 Å². The Hall–Kier alpha value is -7.25. The number of hydrogen-bond donors (Lipinski definition) is 8. The van der Waals surface area contributed by atoms with Gasteiger partial charge < -0.3 is 36.2 Å². The fraction of sp³-hybridized carbons (Fsp3) is 0.485. The summed E-state index contributed by atoms with van der Waals surface area (Å²) < 4.78 is 67.9. The number of anilines is 1. The van der Waals surface area contributed by atoms with Gasteiger partial charge in [0.15, 0.2) is 11.5 Å². The van der Waals surface area contributed by atoms with Crippen molar-refractivity contribution in [1.82, 2.24) is 16.0 Å². The molecule has 3 aromatic rings. The maximum atomic E-state index is 14.5. The predicted octanol–water partition coefficient (Wildman–Crippen LogP) is 9.65. The topological polar surface area (TPSA) is 331 Å². The van der Waals surface area contributed by atoms with Gasteiger partial charge in [0.25, 0.3) is 20.2 Å². The fourth-order valence-corrected chi connectivity index (χ4v) is 14.2. The van der Waals surface area contributed by atoms with Crippen LogP contribution in [0.15, 0.2) is 125 Å². The molecule has 6 rings (SSSR count). The molecule has 90 heavy (non-hydrogen) atoms. The molecular formula is C66H86N5O16S3+. The van der Waals surface area contributed by atoms with E-state index in [-0.39, 0.29) is 100 Å². The number of benzene rings is 3. The Morgan fingerprint density at radius 3 is 2.01 bits per heavy atom. The SMILES string of the molecule is CC1(C)C(=CC=C2CCCC(C=CC3=[N+](CCCCS(=O)(=O)O)c4ccccc4C3(C)C)=C2SC[C@@H](CC(=O)[C@H](Cc2ccccc2)NC(=O)CCCCC(=O)CCC(NC(=O)NCCCC(=O)O)C(=O)O)C(=O)O)N(CCCCS(=O)(=O)O)c2ccccc21. The molecule has 24 heteroatoms. The lowest BCUT2D eigenvalue weighted by Crippen LogP contribution is -2.46. The zero-order valence-electron chi connectivity index (χ0n) is 51.7. The van der Waals surface area contributed by atoms with Crippen LogP contribution in [0.3, 0.4) is 0 Å². The number of carboxylic acid groups (broad SMARTS) is 3. The zero-order chi connectivity index (χ0) is 65.8. The number of thioether (sulfide) groups is 1. The van der Waals surface area contributed by atoms with Crippen molar-refractivity contribution in [2.75, 3.05) is 41.8 Å². The van der Waals surface area contributed by atoms with Crippen LogP contribution < -0.4 is 20.9 Å². The number of urea groups is 1. The van der Waals surface area contributed by atoms with Crippen molar-refractivity contribution in [3.05, 3.63) is 142 Å².